The third-order valence-electron chi connectivity index (χ3n) is 2.18. The Morgan fingerprint density at radius 3 is 2.24 bits per heavy atom. The van der Waals surface area contributed by atoms with E-state index in [1.165, 1.54) is 5.32 Å². The first-order valence-corrected chi connectivity index (χ1v) is 6.63. The van der Waals surface area contributed by atoms with E-state index in [0.717, 1.165) is 0 Å². The van der Waals surface area contributed by atoms with Crippen LogP contribution >= 0.6 is 11.6 Å². The lowest BCUT2D eigenvalue weighted by molar-refractivity contribution is -0.169. The predicted octanol–water partition coefficient (Wildman–Crippen LogP) is 0.407. The molecule has 1 saturated heterocycles. The van der Waals surface area contributed by atoms with E-state index >= 15 is 0 Å². The maximum absolute atomic E-state index is 12.6. The predicted molar refractivity (Wildman–Crippen MR) is 51.2 cm³/mol. The standard InChI is InChI=1S/C7H8ClF4NO3S/c8-3-1-17(15,16)2-4(3)13-6(14)7(11,12)5(9)10/h3-5H,1-2H2,(H,13,14). The largest absolute Gasteiger partial charge is 0.383 e. The molecule has 1 heterocycles. The van der Waals surface area contributed by atoms with Gasteiger partial charge in [0.05, 0.1) is 22.9 Å². The van der Waals surface area contributed by atoms with Crippen LogP contribution in [-0.2, 0) is 14.6 Å². The molecule has 0 radical (unpaired) electrons. The Balaban J connectivity index is 2.71. The minimum atomic E-state index is -4.86. The van der Waals surface area contributed by atoms with Crippen molar-refractivity contribution in [3.05, 3.63) is 0 Å². The van der Waals surface area contributed by atoms with E-state index < -0.39 is 51.0 Å². The number of nitrogens with one attached hydrogen (secondary N) is 1. The van der Waals surface area contributed by atoms with Crippen LogP contribution < -0.4 is 5.32 Å². The van der Waals surface area contributed by atoms with E-state index in [0.29, 0.717) is 0 Å². The summed E-state index contributed by atoms with van der Waals surface area (Å²) < 4.78 is 70.9. The first kappa shape index (κ1) is 14.5. The van der Waals surface area contributed by atoms with Crippen molar-refractivity contribution < 1.29 is 30.8 Å². The van der Waals surface area contributed by atoms with Crippen LogP contribution in [0.5, 0.6) is 0 Å². The third kappa shape index (κ3) is 3.21. The summed E-state index contributed by atoms with van der Waals surface area (Å²) in [4.78, 5) is 10.8. The van der Waals surface area contributed by atoms with Gasteiger partial charge in [0, 0.05) is 0 Å². The monoisotopic (exact) mass is 297 g/mol. The minimum absolute atomic E-state index is 0.486. The first-order chi connectivity index (χ1) is 7.56. The second-order valence-electron chi connectivity index (χ2n) is 3.60. The van der Waals surface area contributed by atoms with E-state index in [-0.39, 0.29) is 0 Å². The number of rotatable bonds is 3. The Labute approximate surface area is 99.2 Å². The summed E-state index contributed by atoms with van der Waals surface area (Å²) in [5, 5.41) is 0.426. The average molecular weight is 298 g/mol. The Bertz CT molecular complexity index is 413. The summed E-state index contributed by atoms with van der Waals surface area (Å²) in [5.41, 5.74) is 0. The maximum Gasteiger partial charge on any atom is 0.383 e. The second-order valence-corrected chi connectivity index (χ2v) is 6.31. The van der Waals surface area contributed by atoms with E-state index in [1.54, 1.807) is 0 Å². The smallest absolute Gasteiger partial charge is 0.345 e. The zero-order valence-corrected chi connectivity index (χ0v) is 9.74. The average Bonchev–Trinajstić information content (AvgIpc) is 2.39. The van der Waals surface area contributed by atoms with E-state index in [4.69, 9.17) is 11.6 Å². The fraction of sp³-hybridized carbons (Fsp3) is 0.857. The molecule has 0 bridgehead atoms. The molecule has 1 aliphatic heterocycles. The highest BCUT2D eigenvalue weighted by Crippen LogP contribution is 2.25. The summed E-state index contributed by atoms with van der Waals surface area (Å²) in [6, 6.07) is -1.28. The molecule has 17 heavy (non-hydrogen) atoms. The van der Waals surface area contributed by atoms with Crippen molar-refractivity contribution in [1.82, 2.24) is 5.32 Å². The zero-order chi connectivity index (χ0) is 13.4. The van der Waals surface area contributed by atoms with Crippen molar-refractivity contribution in [3.63, 3.8) is 0 Å². The van der Waals surface area contributed by atoms with Gasteiger partial charge in [-0.1, -0.05) is 0 Å². The van der Waals surface area contributed by atoms with Gasteiger partial charge in [0.1, 0.15) is 0 Å². The molecule has 4 nitrogen and oxygen atoms in total. The highest BCUT2D eigenvalue weighted by molar-refractivity contribution is 7.91. The normalized spacial score (nSPS) is 28.4. The van der Waals surface area contributed by atoms with Crippen LogP contribution in [0.2, 0.25) is 0 Å². The van der Waals surface area contributed by atoms with Crippen molar-refractivity contribution >= 4 is 27.3 Å². The molecule has 0 aromatic rings. The highest BCUT2D eigenvalue weighted by Gasteiger charge is 2.51. The van der Waals surface area contributed by atoms with Gasteiger partial charge in [0.15, 0.2) is 9.84 Å². The van der Waals surface area contributed by atoms with Gasteiger partial charge in [0.25, 0.3) is 5.91 Å². The molecule has 0 spiro atoms. The fourth-order valence-corrected chi connectivity index (χ4v) is 3.85. The third-order valence-corrected chi connectivity index (χ3v) is 4.55. The van der Waals surface area contributed by atoms with Gasteiger partial charge >= 0.3 is 12.3 Å². The molecule has 1 rings (SSSR count). The van der Waals surface area contributed by atoms with Crippen molar-refractivity contribution in [3.8, 4) is 0 Å². The van der Waals surface area contributed by atoms with Crippen molar-refractivity contribution in [2.24, 2.45) is 0 Å². The van der Waals surface area contributed by atoms with Crippen LogP contribution in [0.15, 0.2) is 0 Å². The summed E-state index contributed by atoms with van der Waals surface area (Å²) in [6.07, 6.45) is -4.16. The number of hydrogen-bond donors (Lipinski definition) is 1. The zero-order valence-electron chi connectivity index (χ0n) is 8.17. The van der Waals surface area contributed by atoms with Gasteiger partial charge in [0.2, 0.25) is 0 Å². The Hall–Kier alpha value is -0.570. The Morgan fingerprint density at radius 2 is 1.88 bits per heavy atom. The molecule has 100 valence electrons. The van der Waals surface area contributed by atoms with Crippen LogP contribution in [0, 0.1) is 0 Å². The summed E-state index contributed by atoms with van der Waals surface area (Å²) >= 11 is 5.51. The SMILES string of the molecule is O=C(NC1CS(=O)(=O)CC1Cl)C(F)(F)C(F)F. The summed E-state index contributed by atoms with van der Waals surface area (Å²) in [5.74, 6) is -8.20. The molecule has 0 aromatic heterocycles. The molecule has 1 N–H and O–H groups in total. The Morgan fingerprint density at radius 1 is 1.35 bits per heavy atom. The number of amides is 1. The quantitative estimate of drug-likeness (QED) is 0.606. The molecule has 0 saturated carbocycles. The van der Waals surface area contributed by atoms with Crippen LogP contribution in [0.25, 0.3) is 0 Å². The Kier molecular flexibility index (Phi) is 3.92. The fourth-order valence-electron chi connectivity index (χ4n) is 1.30. The van der Waals surface area contributed by atoms with Crippen molar-refractivity contribution in [1.29, 1.82) is 0 Å². The van der Waals surface area contributed by atoms with Gasteiger partial charge in [-0.25, -0.2) is 17.2 Å². The van der Waals surface area contributed by atoms with E-state index in [2.05, 4.69) is 0 Å². The number of hydrogen-bond acceptors (Lipinski definition) is 3. The van der Waals surface area contributed by atoms with E-state index in [1.807, 2.05) is 0 Å². The molecule has 1 fully saturated rings. The molecule has 1 amide bonds. The molecular weight excluding hydrogens is 290 g/mol. The van der Waals surface area contributed by atoms with Crippen molar-refractivity contribution in [2.45, 2.75) is 23.8 Å². The number of carbonyl (C=O) groups is 1. The lowest BCUT2D eigenvalue weighted by Crippen LogP contribution is -2.51. The summed E-state index contributed by atoms with van der Waals surface area (Å²) in [7, 11) is -3.54. The summed E-state index contributed by atoms with van der Waals surface area (Å²) in [6.45, 7) is 0. The van der Waals surface area contributed by atoms with Gasteiger partial charge in [-0.2, -0.15) is 8.78 Å². The van der Waals surface area contributed by atoms with E-state index in [9.17, 15) is 30.8 Å². The number of carbonyl (C=O) groups excluding carboxylic acids is 1. The molecular formula is C7H8ClF4NO3S. The van der Waals surface area contributed by atoms with Gasteiger partial charge in [-0.3, -0.25) is 4.79 Å². The van der Waals surface area contributed by atoms with Crippen molar-refractivity contribution in [2.75, 3.05) is 11.5 Å². The molecule has 2 atom stereocenters. The number of alkyl halides is 5. The molecule has 2 unspecified atom stereocenters. The molecule has 1 aliphatic rings. The highest BCUT2D eigenvalue weighted by atomic mass is 35.5. The lowest BCUT2D eigenvalue weighted by Gasteiger charge is -2.19. The molecule has 0 aliphatic carbocycles. The van der Waals surface area contributed by atoms with Gasteiger partial charge in [-0.15, -0.1) is 11.6 Å². The molecule has 0 aromatic carbocycles. The first-order valence-electron chi connectivity index (χ1n) is 4.37. The van der Waals surface area contributed by atoms with Crippen LogP contribution in [-0.4, -0.2) is 49.6 Å². The van der Waals surface area contributed by atoms with Gasteiger partial charge < -0.3 is 5.32 Å². The molecule has 10 heteroatoms. The van der Waals surface area contributed by atoms with Crippen LogP contribution in [0.3, 0.4) is 0 Å². The topological polar surface area (TPSA) is 63.2 Å². The van der Waals surface area contributed by atoms with Crippen LogP contribution in [0.1, 0.15) is 0 Å². The minimum Gasteiger partial charge on any atom is -0.345 e. The number of halogens is 5. The maximum atomic E-state index is 12.6. The number of sulfone groups is 1. The lowest BCUT2D eigenvalue weighted by atomic mass is 10.2. The second kappa shape index (κ2) is 4.60. The van der Waals surface area contributed by atoms with Gasteiger partial charge in [-0.05, 0) is 0 Å². The van der Waals surface area contributed by atoms with Crippen LogP contribution in [0.4, 0.5) is 17.6 Å².